The van der Waals surface area contributed by atoms with E-state index in [0.717, 1.165) is 5.56 Å². The van der Waals surface area contributed by atoms with E-state index in [-0.39, 0.29) is 11.9 Å². The minimum absolute atomic E-state index is 0.188. The fraction of sp³-hybridized carbons (Fsp3) is 0.333. The van der Waals surface area contributed by atoms with Crippen molar-refractivity contribution in [3.63, 3.8) is 0 Å². The van der Waals surface area contributed by atoms with E-state index in [1.807, 2.05) is 20.0 Å². The molecule has 1 aromatic carbocycles. The van der Waals surface area contributed by atoms with E-state index >= 15 is 0 Å². The smallest absolute Gasteiger partial charge is 0.137 e. The van der Waals surface area contributed by atoms with E-state index in [1.54, 1.807) is 6.07 Å². The van der Waals surface area contributed by atoms with E-state index in [9.17, 15) is 4.39 Å². The highest BCUT2D eigenvalue weighted by Crippen LogP contribution is 2.19. The van der Waals surface area contributed by atoms with Crippen molar-refractivity contribution in [2.24, 2.45) is 0 Å². The van der Waals surface area contributed by atoms with Crippen LogP contribution in [0.4, 0.5) is 4.39 Å². The molecule has 12 heavy (non-hydrogen) atoms. The van der Waals surface area contributed by atoms with Crippen LogP contribution in [0, 0.1) is 5.82 Å². The SMILES string of the molecule is CN[C@@H](C)c1ccc(Br)c(F)c1. The molecule has 0 aromatic heterocycles. The van der Waals surface area contributed by atoms with Crippen LogP contribution < -0.4 is 5.32 Å². The molecule has 66 valence electrons. The standard InChI is InChI=1S/C9H11BrFN/c1-6(12-2)7-3-4-8(10)9(11)5-7/h3-6,12H,1-2H3/t6-/m0/s1. The van der Waals surface area contributed by atoms with Gasteiger partial charge in [-0.15, -0.1) is 0 Å². The highest BCUT2D eigenvalue weighted by Gasteiger charge is 2.05. The van der Waals surface area contributed by atoms with Gasteiger partial charge in [-0.2, -0.15) is 0 Å². The summed E-state index contributed by atoms with van der Waals surface area (Å²) in [6, 6.07) is 5.34. The van der Waals surface area contributed by atoms with Gasteiger partial charge in [-0.1, -0.05) is 6.07 Å². The lowest BCUT2D eigenvalue weighted by atomic mass is 10.1. The lowest BCUT2D eigenvalue weighted by molar-refractivity contribution is 0.603. The third-order valence-electron chi connectivity index (χ3n) is 1.88. The number of rotatable bonds is 2. The maximum absolute atomic E-state index is 13.0. The topological polar surface area (TPSA) is 12.0 Å². The molecule has 0 fully saturated rings. The molecule has 0 spiro atoms. The molecular weight excluding hydrogens is 221 g/mol. The van der Waals surface area contributed by atoms with Crippen molar-refractivity contribution in [2.75, 3.05) is 7.05 Å². The summed E-state index contributed by atoms with van der Waals surface area (Å²) in [5, 5.41) is 3.05. The quantitative estimate of drug-likeness (QED) is 0.826. The maximum Gasteiger partial charge on any atom is 0.137 e. The van der Waals surface area contributed by atoms with Gasteiger partial charge >= 0.3 is 0 Å². The van der Waals surface area contributed by atoms with Crippen molar-refractivity contribution < 1.29 is 4.39 Å². The number of halogens is 2. The van der Waals surface area contributed by atoms with Crippen LogP contribution in [0.5, 0.6) is 0 Å². The molecule has 0 aliphatic heterocycles. The predicted octanol–water partition coefficient (Wildman–Crippen LogP) is 2.87. The van der Waals surface area contributed by atoms with Crippen molar-refractivity contribution in [3.8, 4) is 0 Å². The third-order valence-corrected chi connectivity index (χ3v) is 2.52. The zero-order valence-corrected chi connectivity index (χ0v) is 8.65. The second kappa shape index (κ2) is 4.01. The van der Waals surface area contributed by atoms with Gasteiger partial charge in [-0.25, -0.2) is 4.39 Å². The Balaban J connectivity index is 2.96. The molecule has 3 heteroatoms. The summed E-state index contributed by atoms with van der Waals surface area (Å²) in [6.45, 7) is 1.99. The molecular formula is C9H11BrFN. The van der Waals surface area contributed by atoms with Crippen LogP contribution in [0.25, 0.3) is 0 Å². The van der Waals surface area contributed by atoms with Crippen molar-refractivity contribution in [3.05, 3.63) is 34.1 Å². The number of hydrogen-bond donors (Lipinski definition) is 1. The normalized spacial score (nSPS) is 13.0. The van der Waals surface area contributed by atoms with Crippen LogP contribution >= 0.6 is 15.9 Å². The maximum atomic E-state index is 13.0. The minimum atomic E-state index is -0.213. The molecule has 0 bridgehead atoms. The van der Waals surface area contributed by atoms with E-state index in [1.165, 1.54) is 6.07 Å². The first-order valence-electron chi connectivity index (χ1n) is 3.77. The van der Waals surface area contributed by atoms with Crippen molar-refractivity contribution in [1.29, 1.82) is 0 Å². The van der Waals surface area contributed by atoms with Crippen molar-refractivity contribution in [2.45, 2.75) is 13.0 Å². The van der Waals surface area contributed by atoms with Gasteiger partial charge < -0.3 is 5.32 Å². The second-order valence-corrected chi connectivity index (χ2v) is 3.54. The molecule has 1 atom stereocenters. The summed E-state index contributed by atoms with van der Waals surface area (Å²) in [6.07, 6.45) is 0. The van der Waals surface area contributed by atoms with Gasteiger partial charge in [-0.05, 0) is 47.6 Å². The van der Waals surface area contributed by atoms with Crippen LogP contribution in [0.3, 0.4) is 0 Å². The van der Waals surface area contributed by atoms with Crippen LogP contribution in [-0.4, -0.2) is 7.05 Å². The van der Waals surface area contributed by atoms with E-state index < -0.39 is 0 Å². The monoisotopic (exact) mass is 231 g/mol. The number of hydrogen-bond acceptors (Lipinski definition) is 1. The first-order chi connectivity index (χ1) is 5.65. The van der Waals surface area contributed by atoms with Crippen LogP contribution in [0.1, 0.15) is 18.5 Å². The van der Waals surface area contributed by atoms with E-state index in [2.05, 4.69) is 21.2 Å². The fourth-order valence-corrected chi connectivity index (χ4v) is 1.20. The van der Waals surface area contributed by atoms with Crippen LogP contribution in [0.15, 0.2) is 22.7 Å². The summed E-state index contributed by atoms with van der Waals surface area (Å²) in [7, 11) is 1.85. The first kappa shape index (κ1) is 9.68. The van der Waals surface area contributed by atoms with Gasteiger partial charge in [0.05, 0.1) is 4.47 Å². The fourth-order valence-electron chi connectivity index (χ4n) is 0.948. The van der Waals surface area contributed by atoms with Gasteiger partial charge in [-0.3, -0.25) is 0 Å². The summed E-state index contributed by atoms with van der Waals surface area (Å²) in [4.78, 5) is 0. The average molecular weight is 232 g/mol. The Bertz CT molecular complexity index is 275. The van der Waals surface area contributed by atoms with Crippen LogP contribution in [-0.2, 0) is 0 Å². The Hall–Kier alpha value is -0.410. The molecule has 0 aliphatic carbocycles. The Morgan fingerprint density at radius 3 is 2.67 bits per heavy atom. The predicted molar refractivity (Wildman–Crippen MR) is 51.6 cm³/mol. The molecule has 0 saturated carbocycles. The molecule has 0 radical (unpaired) electrons. The number of nitrogens with one attached hydrogen (secondary N) is 1. The lowest BCUT2D eigenvalue weighted by Gasteiger charge is -2.10. The van der Waals surface area contributed by atoms with Gasteiger partial charge in [0.25, 0.3) is 0 Å². The Morgan fingerprint density at radius 1 is 1.50 bits per heavy atom. The molecule has 0 unspecified atom stereocenters. The summed E-state index contributed by atoms with van der Waals surface area (Å²) < 4.78 is 13.5. The van der Waals surface area contributed by atoms with E-state index in [4.69, 9.17) is 0 Å². The Labute approximate surface area is 80.1 Å². The largest absolute Gasteiger partial charge is 0.313 e. The zero-order chi connectivity index (χ0) is 9.14. The number of benzene rings is 1. The second-order valence-electron chi connectivity index (χ2n) is 2.68. The van der Waals surface area contributed by atoms with Crippen LogP contribution in [0.2, 0.25) is 0 Å². The van der Waals surface area contributed by atoms with E-state index in [0.29, 0.717) is 4.47 Å². The summed E-state index contributed by atoms with van der Waals surface area (Å²) in [5.41, 5.74) is 0.957. The Morgan fingerprint density at radius 2 is 2.17 bits per heavy atom. The van der Waals surface area contributed by atoms with Gasteiger partial charge in [0.15, 0.2) is 0 Å². The molecule has 1 nitrogen and oxygen atoms in total. The first-order valence-corrected chi connectivity index (χ1v) is 4.56. The Kier molecular flexibility index (Phi) is 3.23. The highest BCUT2D eigenvalue weighted by atomic mass is 79.9. The molecule has 0 saturated heterocycles. The molecule has 0 aliphatic rings. The van der Waals surface area contributed by atoms with Gasteiger partial charge in [0.1, 0.15) is 5.82 Å². The third kappa shape index (κ3) is 2.05. The molecule has 1 rings (SSSR count). The molecule has 0 amide bonds. The lowest BCUT2D eigenvalue weighted by Crippen LogP contribution is -2.12. The van der Waals surface area contributed by atoms with Gasteiger partial charge in [0, 0.05) is 6.04 Å². The molecule has 0 heterocycles. The van der Waals surface area contributed by atoms with Crippen molar-refractivity contribution in [1.82, 2.24) is 5.32 Å². The molecule has 1 aromatic rings. The minimum Gasteiger partial charge on any atom is -0.313 e. The zero-order valence-electron chi connectivity index (χ0n) is 7.07. The highest BCUT2D eigenvalue weighted by molar-refractivity contribution is 9.10. The van der Waals surface area contributed by atoms with Crippen molar-refractivity contribution >= 4 is 15.9 Å². The summed E-state index contributed by atoms with van der Waals surface area (Å²) >= 11 is 3.10. The van der Waals surface area contributed by atoms with Gasteiger partial charge in [0.2, 0.25) is 0 Å². The molecule has 1 N–H and O–H groups in total. The average Bonchev–Trinajstić information content (AvgIpc) is 2.08. The summed E-state index contributed by atoms with van der Waals surface area (Å²) in [5.74, 6) is -0.213.